The minimum atomic E-state index is 0.290. The smallest absolute Gasteiger partial charge is 0.0816 e. The lowest BCUT2D eigenvalue weighted by molar-refractivity contribution is 0.0468. The molecule has 2 unspecified atom stereocenters. The van der Waals surface area contributed by atoms with Crippen LogP contribution in [0, 0.1) is 5.92 Å². The molecule has 0 bridgehead atoms. The van der Waals surface area contributed by atoms with Crippen LogP contribution >= 0.6 is 11.8 Å². The molecular weight excluding hydrogens is 182 g/mol. The molecule has 0 spiro atoms. The summed E-state index contributed by atoms with van der Waals surface area (Å²) in [5.74, 6) is 3.16. The van der Waals surface area contributed by atoms with E-state index in [1.165, 1.54) is 25.7 Å². The van der Waals surface area contributed by atoms with Crippen LogP contribution in [0.4, 0.5) is 0 Å². The molecule has 1 saturated carbocycles. The Hall–Kier alpha value is 0.270. The second-order valence-electron chi connectivity index (χ2n) is 4.18. The van der Waals surface area contributed by atoms with Crippen LogP contribution in [0.1, 0.15) is 25.7 Å². The van der Waals surface area contributed by atoms with Gasteiger partial charge in [0.05, 0.1) is 12.7 Å². The van der Waals surface area contributed by atoms with Gasteiger partial charge in [0.15, 0.2) is 0 Å². The molecule has 0 amide bonds. The molecule has 0 aromatic rings. The maximum absolute atomic E-state index is 6.12. The lowest BCUT2D eigenvalue weighted by Gasteiger charge is -2.33. The maximum Gasteiger partial charge on any atom is 0.0816 e. The van der Waals surface area contributed by atoms with Gasteiger partial charge in [-0.15, -0.1) is 0 Å². The van der Waals surface area contributed by atoms with Crippen LogP contribution in [0.3, 0.4) is 0 Å². The SMILES string of the molecule is NC(CC1CCC1)C1CSCCO1. The summed E-state index contributed by atoms with van der Waals surface area (Å²) in [6.07, 6.45) is 5.73. The standard InChI is InChI=1S/C10H19NOS/c11-9(6-8-2-1-3-8)10-7-13-5-4-12-10/h8-10H,1-7,11H2. The predicted molar refractivity (Wildman–Crippen MR) is 57.0 cm³/mol. The van der Waals surface area contributed by atoms with Crippen LogP contribution in [0.2, 0.25) is 0 Å². The zero-order valence-corrected chi connectivity index (χ0v) is 8.89. The molecule has 1 saturated heterocycles. The van der Waals surface area contributed by atoms with Crippen molar-refractivity contribution in [1.82, 2.24) is 0 Å². The summed E-state index contributed by atoms with van der Waals surface area (Å²) in [5, 5.41) is 0. The fourth-order valence-electron chi connectivity index (χ4n) is 2.02. The molecule has 2 fully saturated rings. The minimum Gasteiger partial charge on any atom is -0.375 e. The Morgan fingerprint density at radius 3 is 2.85 bits per heavy atom. The van der Waals surface area contributed by atoms with E-state index < -0.39 is 0 Å². The third-order valence-corrected chi connectivity index (χ3v) is 4.17. The quantitative estimate of drug-likeness (QED) is 0.754. The van der Waals surface area contributed by atoms with Gasteiger partial charge in [-0.3, -0.25) is 0 Å². The lowest BCUT2D eigenvalue weighted by Crippen LogP contribution is -2.43. The normalized spacial score (nSPS) is 32.5. The number of nitrogens with two attached hydrogens (primary N) is 1. The van der Waals surface area contributed by atoms with Gasteiger partial charge >= 0.3 is 0 Å². The highest BCUT2D eigenvalue weighted by molar-refractivity contribution is 7.99. The van der Waals surface area contributed by atoms with Crippen molar-refractivity contribution < 1.29 is 4.74 Å². The van der Waals surface area contributed by atoms with E-state index in [4.69, 9.17) is 10.5 Å². The van der Waals surface area contributed by atoms with Crippen molar-refractivity contribution in [3.05, 3.63) is 0 Å². The monoisotopic (exact) mass is 201 g/mol. The lowest BCUT2D eigenvalue weighted by atomic mass is 9.80. The predicted octanol–water partition coefficient (Wildman–Crippen LogP) is 1.64. The highest BCUT2D eigenvalue weighted by atomic mass is 32.2. The van der Waals surface area contributed by atoms with E-state index in [-0.39, 0.29) is 6.04 Å². The first-order valence-electron chi connectivity index (χ1n) is 5.31. The Kier molecular flexibility index (Phi) is 3.52. The molecule has 1 heterocycles. The fourth-order valence-corrected chi connectivity index (χ4v) is 2.97. The molecule has 2 atom stereocenters. The van der Waals surface area contributed by atoms with Crippen LogP contribution in [0.5, 0.6) is 0 Å². The summed E-state index contributed by atoms with van der Waals surface area (Å²) in [6.45, 7) is 0.897. The molecule has 13 heavy (non-hydrogen) atoms. The molecule has 2 rings (SSSR count). The number of rotatable bonds is 3. The highest BCUT2D eigenvalue weighted by Gasteiger charge is 2.26. The zero-order chi connectivity index (χ0) is 9.10. The fraction of sp³-hybridized carbons (Fsp3) is 1.00. The van der Waals surface area contributed by atoms with E-state index in [2.05, 4.69) is 0 Å². The van der Waals surface area contributed by atoms with Gasteiger partial charge in [0.1, 0.15) is 0 Å². The van der Waals surface area contributed by atoms with Gasteiger partial charge in [-0.05, 0) is 12.3 Å². The third-order valence-electron chi connectivity index (χ3n) is 3.15. The van der Waals surface area contributed by atoms with Crippen LogP contribution < -0.4 is 5.73 Å². The molecule has 1 aliphatic carbocycles. The molecule has 2 aliphatic rings. The van der Waals surface area contributed by atoms with E-state index in [1.807, 2.05) is 11.8 Å². The van der Waals surface area contributed by atoms with Crippen molar-refractivity contribution in [2.24, 2.45) is 11.7 Å². The van der Waals surface area contributed by atoms with E-state index in [0.29, 0.717) is 6.10 Å². The Morgan fingerprint density at radius 2 is 2.31 bits per heavy atom. The van der Waals surface area contributed by atoms with Crippen LogP contribution in [0.25, 0.3) is 0 Å². The first-order chi connectivity index (χ1) is 6.36. The van der Waals surface area contributed by atoms with E-state index in [1.54, 1.807) is 0 Å². The van der Waals surface area contributed by atoms with Crippen molar-refractivity contribution in [3.8, 4) is 0 Å². The van der Waals surface area contributed by atoms with Gasteiger partial charge in [-0.2, -0.15) is 11.8 Å². The van der Waals surface area contributed by atoms with E-state index >= 15 is 0 Å². The third kappa shape index (κ3) is 2.61. The Morgan fingerprint density at radius 1 is 1.46 bits per heavy atom. The van der Waals surface area contributed by atoms with Crippen LogP contribution in [0.15, 0.2) is 0 Å². The van der Waals surface area contributed by atoms with Crippen molar-refractivity contribution in [3.63, 3.8) is 0 Å². The largest absolute Gasteiger partial charge is 0.375 e. The molecule has 2 nitrogen and oxygen atoms in total. The van der Waals surface area contributed by atoms with E-state index in [9.17, 15) is 0 Å². The number of thioether (sulfide) groups is 1. The average molecular weight is 201 g/mol. The van der Waals surface area contributed by atoms with Gasteiger partial charge in [0.2, 0.25) is 0 Å². The first-order valence-corrected chi connectivity index (χ1v) is 6.46. The average Bonchev–Trinajstić information content (AvgIpc) is 2.12. The molecule has 1 aliphatic heterocycles. The van der Waals surface area contributed by atoms with Crippen molar-refractivity contribution in [2.75, 3.05) is 18.1 Å². The molecule has 3 heteroatoms. The van der Waals surface area contributed by atoms with Gasteiger partial charge in [-0.25, -0.2) is 0 Å². The Labute approximate surface area is 84.6 Å². The van der Waals surface area contributed by atoms with Crippen molar-refractivity contribution in [1.29, 1.82) is 0 Å². The molecule has 76 valence electrons. The Balaban J connectivity index is 1.70. The second-order valence-corrected chi connectivity index (χ2v) is 5.33. The highest BCUT2D eigenvalue weighted by Crippen LogP contribution is 2.31. The Bertz CT molecular complexity index is 155. The molecule has 2 N–H and O–H groups in total. The van der Waals surface area contributed by atoms with Gasteiger partial charge < -0.3 is 10.5 Å². The van der Waals surface area contributed by atoms with E-state index in [0.717, 1.165) is 24.0 Å². The summed E-state index contributed by atoms with van der Waals surface area (Å²) in [5.41, 5.74) is 6.12. The summed E-state index contributed by atoms with van der Waals surface area (Å²) in [7, 11) is 0. The topological polar surface area (TPSA) is 35.2 Å². The van der Waals surface area contributed by atoms with Gasteiger partial charge in [-0.1, -0.05) is 19.3 Å². The molecule has 0 aromatic carbocycles. The van der Waals surface area contributed by atoms with Crippen LogP contribution in [-0.4, -0.2) is 30.3 Å². The second kappa shape index (κ2) is 4.67. The summed E-state index contributed by atoms with van der Waals surface area (Å²) >= 11 is 1.98. The number of hydrogen-bond donors (Lipinski definition) is 1. The van der Waals surface area contributed by atoms with Crippen molar-refractivity contribution >= 4 is 11.8 Å². The van der Waals surface area contributed by atoms with Crippen LogP contribution in [-0.2, 0) is 4.74 Å². The molecular formula is C10H19NOS. The summed E-state index contributed by atoms with van der Waals surface area (Å²) in [4.78, 5) is 0. The number of hydrogen-bond acceptors (Lipinski definition) is 3. The van der Waals surface area contributed by atoms with Gasteiger partial charge in [0, 0.05) is 17.5 Å². The number of ether oxygens (including phenoxy) is 1. The zero-order valence-electron chi connectivity index (χ0n) is 8.08. The maximum atomic E-state index is 6.12. The first kappa shape index (κ1) is 9.81. The van der Waals surface area contributed by atoms with Crippen molar-refractivity contribution in [2.45, 2.75) is 37.8 Å². The summed E-state index contributed by atoms with van der Waals surface area (Å²) in [6, 6.07) is 0.290. The molecule has 0 radical (unpaired) electrons. The minimum absolute atomic E-state index is 0.290. The summed E-state index contributed by atoms with van der Waals surface area (Å²) < 4.78 is 5.66. The van der Waals surface area contributed by atoms with Gasteiger partial charge in [0.25, 0.3) is 0 Å². The molecule has 0 aromatic heterocycles.